The topological polar surface area (TPSA) is 53.0 Å². The quantitative estimate of drug-likeness (QED) is 0.449. The molecule has 3 nitrogen and oxygen atoms in total. The van der Waals surface area contributed by atoms with Gasteiger partial charge in [-0.25, -0.2) is 0 Å². The second kappa shape index (κ2) is 7.18. The Labute approximate surface area is 189 Å². The molecule has 0 aromatic heterocycles. The van der Waals surface area contributed by atoms with Crippen LogP contribution in [-0.4, -0.2) is 34.1 Å². The number of aliphatic hydroxyl groups excluding tert-OH is 2. The number of rotatable bonds is 4. The molecular weight excluding hydrogens is 384 g/mol. The minimum atomic E-state index is -0.469. The number of hydrogen-bond acceptors (Lipinski definition) is 3. The summed E-state index contributed by atoms with van der Waals surface area (Å²) in [5.41, 5.74) is 2.84. The molecule has 2 saturated carbocycles. The van der Waals surface area contributed by atoms with Crippen LogP contribution < -0.4 is 0 Å². The van der Waals surface area contributed by atoms with E-state index >= 15 is 0 Å². The summed E-state index contributed by atoms with van der Waals surface area (Å²) in [4.78, 5) is 0. The zero-order valence-electron chi connectivity index (χ0n) is 20.5. The molecule has 0 aromatic rings. The van der Waals surface area contributed by atoms with Crippen LogP contribution in [0.3, 0.4) is 0 Å². The van der Waals surface area contributed by atoms with E-state index in [1.54, 1.807) is 0 Å². The van der Waals surface area contributed by atoms with Crippen molar-refractivity contribution in [3.8, 4) is 0 Å². The maximum Gasteiger partial charge on any atom is 0.118 e. The van der Waals surface area contributed by atoms with Crippen molar-refractivity contribution in [2.75, 3.05) is 0 Å². The summed E-state index contributed by atoms with van der Waals surface area (Å²) in [6.45, 7) is 14.3. The van der Waals surface area contributed by atoms with Gasteiger partial charge in [-0.3, -0.25) is 0 Å². The number of hydrogen-bond donors (Lipinski definition) is 2. The molecule has 0 aromatic carbocycles. The summed E-state index contributed by atoms with van der Waals surface area (Å²) in [6, 6.07) is 0. The van der Waals surface area contributed by atoms with Gasteiger partial charge in [-0.2, -0.15) is 0 Å². The molecule has 0 amide bonds. The number of fused-ring (bicyclic) bond motifs is 3. The summed E-state index contributed by atoms with van der Waals surface area (Å²) in [5, 5.41) is 21.9. The number of aliphatic hydroxyl groups is 2. The normalized spacial score (nSPS) is 50.7. The summed E-state index contributed by atoms with van der Waals surface area (Å²) in [5.74, 6) is 3.05. The van der Waals surface area contributed by atoms with Crippen molar-refractivity contribution in [3.05, 3.63) is 23.3 Å². The van der Waals surface area contributed by atoms with Gasteiger partial charge in [-0.1, -0.05) is 59.3 Å². The molecule has 1 heterocycles. The Hall–Kier alpha value is -0.640. The van der Waals surface area contributed by atoms with Gasteiger partial charge in [-0.15, -0.1) is 0 Å². The predicted molar refractivity (Wildman–Crippen MR) is 124 cm³/mol. The van der Waals surface area contributed by atoms with E-state index < -0.39 is 6.10 Å². The van der Waals surface area contributed by atoms with Crippen LogP contribution in [0.25, 0.3) is 0 Å². The van der Waals surface area contributed by atoms with E-state index in [0.717, 1.165) is 19.3 Å². The lowest BCUT2D eigenvalue weighted by Crippen LogP contribution is -2.55. The number of epoxide rings is 1. The third-order valence-corrected chi connectivity index (χ3v) is 10.9. The van der Waals surface area contributed by atoms with Gasteiger partial charge in [0.2, 0.25) is 0 Å². The Morgan fingerprint density at radius 2 is 1.74 bits per heavy atom. The highest BCUT2D eigenvalue weighted by atomic mass is 16.6. The molecule has 1 saturated heterocycles. The molecule has 0 unspecified atom stereocenters. The van der Waals surface area contributed by atoms with E-state index in [9.17, 15) is 10.2 Å². The van der Waals surface area contributed by atoms with Crippen molar-refractivity contribution in [1.82, 2.24) is 0 Å². The fourth-order valence-corrected chi connectivity index (χ4v) is 8.47. The third-order valence-electron chi connectivity index (χ3n) is 10.9. The van der Waals surface area contributed by atoms with Crippen LogP contribution in [0.5, 0.6) is 0 Å². The Bertz CT molecular complexity index is 798. The first-order valence-electron chi connectivity index (χ1n) is 13.0. The fraction of sp³-hybridized carbons (Fsp3) is 0.857. The lowest BCUT2D eigenvalue weighted by Gasteiger charge is -2.54. The molecule has 4 aliphatic carbocycles. The molecule has 1 spiro atoms. The van der Waals surface area contributed by atoms with Gasteiger partial charge in [0.15, 0.2) is 0 Å². The number of ether oxygens (including phenoxy) is 1. The molecule has 3 fully saturated rings. The largest absolute Gasteiger partial charge is 0.393 e. The highest BCUT2D eigenvalue weighted by Gasteiger charge is 2.76. The first-order chi connectivity index (χ1) is 14.5. The monoisotopic (exact) mass is 428 g/mol. The van der Waals surface area contributed by atoms with Crippen LogP contribution in [-0.2, 0) is 4.74 Å². The average Bonchev–Trinajstić information content (AvgIpc) is 3.34. The molecule has 174 valence electrons. The van der Waals surface area contributed by atoms with Crippen molar-refractivity contribution in [3.63, 3.8) is 0 Å². The smallest absolute Gasteiger partial charge is 0.118 e. The van der Waals surface area contributed by atoms with E-state index in [1.807, 2.05) is 0 Å². The van der Waals surface area contributed by atoms with Crippen molar-refractivity contribution in [2.45, 2.75) is 110 Å². The lowest BCUT2D eigenvalue weighted by molar-refractivity contribution is -0.000636. The highest BCUT2D eigenvalue weighted by Crippen LogP contribution is 2.72. The maximum absolute atomic E-state index is 11.5. The van der Waals surface area contributed by atoms with E-state index in [4.69, 9.17) is 4.74 Å². The summed E-state index contributed by atoms with van der Waals surface area (Å²) >= 11 is 0. The van der Waals surface area contributed by atoms with Gasteiger partial charge >= 0.3 is 0 Å². The van der Waals surface area contributed by atoms with Crippen molar-refractivity contribution >= 4 is 0 Å². The van der Waals surface area contributed by atoms with E-state index in [1.165, 1.54) is 30.4 Å². The van der Waals surface area contributed by atoms with Crippen molar-refractivity contribution in [2.24, 2.45) is 40.4 Å². The Morgan fingerprint density at radius 3 is 2.45 bits per heavy atom. The zero-order chi connectivity index (χ0) is 22.3. The Morgan fingerprint density at radius 1 is 1.00 bits per heavy atom. The molecule has 5 rings (SSSR count). The van der Waals surface area contributed by atoms with Crippen LogP contribution in [0.4, 0.5) is 0 Å². The van der Waals surface area contributed by atoms with E-state index in [2.05, 4.69) is 53.7 Å². The summed E-state index contributed by atoms with van der Waals surface area (Å²) in [6.07, 6.45) is 11.4. The molecule has 3 heteroatoms. The van der Waals surface area contributed by atoms with Crippen LogP contribution in [0.15, 0.2) is 23.3 Å². The Kier molecular flexibility index (Phi) is 5.13. The van der Waals surface area contributed by atoms with Crippen LogP contribution in [0, 0.1) is 40.4 Å². The van der Waals surface area contributed by atoms with E-state index in [-0.39, 0.29) is 28.6 Å². The van der Waals surface area contributed by atoms with Gasteiger partial charge in [0.1, 0.15) is 17.8 Å². The molecular formula is C28H44O3. The summed E-state index contributed by atoms with van der Waals surface area (Å²) < 4.78 is 6.33. The minimum absolute atomic E-state index is 0.00307. The molecule has 5 aliphatic rings. The molecule has 2 N–H and O–H groups in total. The molecule has 10 atom stereocenters. The fourth-order valence-electron chi connectivity index (χ4n) is 8.47. The summed E-state index contributed by atoms with van der Waals surface area (Å²) in [7, 11) is 0. The number of allylic oxidation sites excluding steroid dienone is 2. The standard InChI is InChI=1S/C28H44O3/c1-16(2)17(3)7-8-18(4)20-9-10-21-23-22(12-13-26(20,21)5)27(6)14-11-19(29)15-28(27)25(31-28)24(23)30/h7-8,16-21,24-25,29-30H,9-15H2,1-6H3/b8-7+/t17-,18-,19+,20-,21-,24+,25+,26-,27-,28+/m1/s1. The molecule has 1 aliphatic heterocycles. The van der Waals surface area contributed by atoms with Gasteiger partial charge in [0.05, 0.1) is 6.10 Å². The zero-order valence-corrected chi connectivity index (χ0v) is 20.5. The first kappa shape index (κ1) is 22.2. The van der Waals surface area contributed by atoms with Gasteiger partial charge in [0, 0.05) is 11.8 Å². The van der Waals surface area contributed by atoms with Crippen LogP contribution in [0.2, 0.25) is 0 Å². The third kappa shape index (κ3) is 2.95. The second-order valence-corrected chi connectivity index (χ2v) is 12.6. The Balaban J connectivity index is 1.45. The van der Waals surface area contributed by atoms with Crippen LogP contribution >= 0.6 is 0 Å². The van der Waals surface area contributed by atoms with Gasteiger partial charge in [0.25, 0.3) is 0 Å². The molecule has 0 bridgehead atoms. The highest BCUT2D eigenvalue weighted by molar-refractivity contribution is 5.45. The van der Waals surface area contributed by atoms with Crippen molar-refractivity contribution < 1.29 is 14.9 Å². The lowest BCUT2D eigenvalue weighted by atomic mass is 9.50. The van der Waals surface area contributed by atoms with E-state index in [0.29, 0.717) is 36.0 Å². The minimum Gasteiger partial charge on any atom is -0.393 e. The predicted octanol–water partition coefficient (Wildman–Crippen LogP) is 5.66. The van der Waals surface area contributed by atoms with Gasteiger partial charge in [-0.05, 0) is 79.1 Å². The maximum atomic E-state index is 11.5. The van der Waals surface area contributed by atoms with Crippen LogP contribution in [0.1, 0.15) is 86.5 Å². The van der Waals surface area contributed by atoms with Gasteiger partial charge < -0.3 is 14.9 Å². The first-order valence-corrected chi connectivity index (χ1v) is 13.0. The average molecular weight is 429 g/mol. The SMILES string of the molecule is CC(C)[C@H](C)/C=C/[C@@H](C)[C@H]1CC[C@@H]2C3=C(CC[C@@]21C)[C@@]1(C)CC[C@H](O)C[C@@]12O[C@H]2[C@H]3O. The molecule has 31 heavy (non-hydrogen) atoms. The van der Waals surface area contributed by atoms with Crippen molar-refractivity contribution in [1.29, 1.82) is 0 Å². The second-order valence-electron chi connectivity index (χ2n) is 12.6. The molecule has 0 radical (unpaired) electrons.